The smallest absolute Gasteiger partial charge is 0.224 e. The Morgan fingerprint density at radius 3 is 2.30 bits per heavy atom. The SMILES string of the molecule is CCNC(=NCC1(c2ccccc2)CCC1)NCCC(=O)N(CC)CC.I. The van der Waals surface area contributed by atoms with E-state index in [-0.39, 0.29) is 35.3 Å². The monoisotopic (exact) mass is 486 g/mol. The molecule has 6 heteroatoms. The van der Waals surface area contributed by atoms with Gasteiger partial charge in [-0.2, -0.15) is 0 Å². The van der Waals surface area contributed by atoms with Crippen LogP contribution in [0.2, 0.25) is 0 Å². The molecule has 27 heavy (non-hydrogen) atoms. The van der Waals surface area contributed by atoms with Crippen molar-refractivity contribution in [1.82, 2.24) is 15.5 Å². The van der Waals surface area contributed by atoms with Gasteiger partial charge in [0.2, 0.25) is 5.91 Å². The van der Waals surface area contributed by atoms with E-state index in [0.717, 1.165) is 32.1 Å². The van der Waals surface area contributed by atoms with E-state index in [1.807, 2.05) is 18.7 Å². The Balaban J connectivity index is 0.00000364. The van der Waals surface area contributed by atoms with Gasteiger partial charge in [-0.1, -0.05) is 36.8 Å². The first-order chi connectivity index (χ1) is 12.6. The van der Waals surface area contributed by atoms with Crippen molar-refractivity contribution in [2.24, 2.45) is 4.99 Å². The molecule has 5 nitrogen and oxygen atoms in total. The molecule has 0 spiro atoms. The van der Waals surface area contributed by atoms with Crippen LogP contribution in [0.15, 0.2) is 35.3 Å². The van der Waals surface area contributed by atoms with E-state index < -0.39 is 0 Å². The minimum atomic E-state index is 0. The maximum atomic E-state index is 12.1. The number of aliphatic imine (C=N–C) groups is 1. The lowest BCUT2D eigenvalue weighted by Crippen LogP contribution is -2.42. The van der Waals surface area contributed by atoms with Crippen molar-refractivity contribution in [3.8, 4) is 0 Å². The summed E-state index contributed by atoms with van der Waals surface area (Å²) in [7, 11) is 0. The van der Waals surface area contributed by atoms with Gasteiger partial charge < -0.3 is 15.5 Å². The van der Waals surface area contributed by atoms with Crippen LogP contribution in [0.3, 0.4) is 0 Å². The second-order valence-corrected chi connectivity index (χ2v) is 6.94. The molecule has 0 atom stereocenters. The van der Waals surface area contributed by atoms with E-state index in [1.54, 1.807) is 0 Å². The van der Waals surface area contributed by atoms with Gasteiger partial charge in [0.25, 0.3) is 0 Å². The van der Waals surface area contributed by atoms with E-state index >= 15 is 0 Å². The molecule has 0 aromatic heterocycles. The average molecular weight is 486 g/mol. The predicted molar refractivity (Wildman–Crippen MR) is 124 cm³/mol. The largest absolute Gasteiger partial charge is 0.357 e. The third-order valence-electron chi connectivity index (χ3n) is 5.33. The highest BCUT2D eigenvalue weighted by molar-refractivity contribution is 14.0. The minimum absolute atomic E-state index is 0. The molecule has 0 saturated heterocycles. The maximum absolute atomic E-state index is 12.1. The van der Waals surface area contributed by atoms with Gasteiger partial charge >= 0.3 is 0 Å². The number of guanidine groups is 1. The molecule has 0 heterocycles. The summed E-state index contributed by atoms with van der Waals surface area (Å²) >= 11 is 0. The molecule has 0 aliphatic heterocycles. The molecule has 1 saturated carbocycles. The number of halogens is 1. The van der Waals surface area contributed by atoms with Crippen LogP contribution in [-0.4, -0.2) is 49.5 Å². The molecule has 1 aromatic carbocycles. The predicted octanol–water partition coefficient (Wildman–Crippen LogP) is 3.54. The van der Waals surface area contributed by atoms with E-state index in [9.17, 15) is 4.79 Å². The number of benzene rings is 1. The highest BCUT2D eigenvalue weighted by Crippen LogP contribution is 2.43. The van der Waals surface area contributed by atoms with Crippen LogP contribution < -0.4 is 10.6 Å². The fourth-order valence-corrected chi connectivity index (χ4v) is 3.53. The number of nitrogens with one attached hydrogen (secondary N) is 2. The lowest BCUT2D eigenvalue weighted by atomic mass is 9.64. The number of carbonyl (C=O) groups is 1. The van der Waals surface area contributed by atoms with E-state index in [2.05, 4.69) is 47.9 Å². The molecule has 1 amide bonds. The fraction of sp³-hybridized carbons (Fsp3) is 0.619. The zero-order valence-electron chi connectivity index (χ0n) is 17.0. The summed E-state index contributed by atoms with van der Waals surface area (Å²) in [6, 6.07) is 10.7. The van der Waals surface area contributed by atoms with Crippen LogP contribution in [0.4, 0.5) is 0 Å². The zero-order valence-corrected chi connectivity index (χ0v) is 19.3. The Morgan fingerprint density at radius 1 is 1.11 bits per heavy atom. The summed E-state index contributed by atoms with van der Waals surface area (Å²) in [5.74, 6) is 1.00. The van der Waals surface area contributed by atoms with Crippen molar-refractivity contribution >= 4 is 35.8 Å². The Labute approximate surface area is 181 Å². The van der Waals surface area contributed by atoms with Crippen LogP contribution in [0, 0.1) is 0 Å². The molecule has 0 bridgehead atoms. The molecular formula is C21H35IN4O. The van der Waals surface area contributed by atoms with Gasteiger partial charge in [0.15, 0.2) is 5.96 Å². The maximum Gasteiger partial charge on any atom is 0.224 e. The van der Waals surface area contributed by atoms with Crippen LogP contribution in [0.5, 0.6) is 0 Å². The first-order valence-electron chi connectivity index (χ1n) is 10.0. The average Bonchev–Trinajstić information content (AvgIpc) is 2.62. The lowest BCUT2D eigenvalue weighted by molar-refractivity contribution is -0.130. The van der Waals surface area contributed by atoms with Crippen molar-refractivity contribution < 1.29 is 4.79 Å². The molecule has 1 aliphatic carbocycles. The van der Waals surface area contributed by atoms with Crippen molar-refractivity contribution in [2.45, 2.75) is 51.9 Å². The zero-order chi connectivity index (χ0) is 18.8. The van der Waals surface area contributed by atoms with Crippen molar-refractivity contribution in [1.29, 1.82) is 0 Å². The lowest BCUT2D eigenvalue weighted by Gasteiger charge is -2.41. The van der Waals surface area contributed by atoms with Crippen LogP contribution in [0.25, 0.3) is 0 Å². The van der Waals surface area contributed by atoms with Crippen molar-refractivity contribution in [3.63, 3.8) is 0 Å². The molecule has 0 radical (unpaired) electrons. The van der Waals surface area contributed by atoms with Gasteiger partial charge in [0, 0.05) is 38.0 Å². The number of hydrogen-bond donors (Lipinski definition) is 2. The highest BCUT2D eigenvalue weighted by atomic mass is 127. The van der Waals surface area contributed by atoms with Crippen LogP contribution in [-0.2, 0) is 10.2 Å². The van der Waals surface area contributed by atoms with E-state index in [4.69, 9.17) is 4.99 Å². The second-order valence-electron chi connectivity index (χ2n) is 6.94. The fourth-order valence-electron chi connectivity index (χ4n) is 3.53. The summed E-state index contributed by atoms with van der Waals surface area (Å²) in [6.45, 7) is 9.84. The van der Waals surface area contributed by atoms with E-state index in [0.29, 0.717) is 13.0 Å². The summed E-state index contributed by atoms with van der Waals surface area (Å²) in [5.41, 5.74) is 1.57. The van der Waals surface area contributed by atoms with Crippen molar-refractivity contribution in [2.75, 3.05) is 32.7 Å². The summed E-state index contributed by atoms with van der Waals surface area (Å²) in [5, 5.41) is 6.62. The Bertz CT molecular complexity index is 583. The molecule has 1 aromatic rings. The quantitative estimate of drug-likeness (QED) is 0.319. The Hall–Kier alpha value is -1.31. The Morgan fingerprint density at radius 2 is 1.78 bits per heavy atom. The number of rotatable bonds is 9. The van der Waals surface area contributed by atoms with Gasteiger partial charge in [-0.05, 0) is 39.2 Å². The summed E-state index contributed by atoms with van der Waals surface area (Å²) in [6.07, 6.45) is 4.16. The topological polar surface area (TPSA) is 56.7 Å². The number of hydrogen-bond acceptors (Lipinski definition) is 2. The third kappa shape index (κ3) is 6.66. The van der Waals surface area contributed by atoms with Gasteiger partial charge in [-0.25, -0.2) is 0 Å². The number of carbonyl (C=O) groups excluding carboxylic acids is 1. The minimum Gasteiger partial charge on any atom is -0.357 e. The van der Waals surface area contributed by atoms with Gasteiger partial charge in [0.1, 0.15) is 0 Å². The second kappa shape index (κ2) is 12.2. The Kier molecular flexibility index (Phi) is 10.7. The first-order valence-corrected chi connectivity index (χ1v) is 10.0. The molecular weight excluding hydrogens is 451 g/mol. The highest BCUT2D eigenvalue weighted by Gasteiger charge is 2.38. The summed E-state index contributed by atoms with van der Waals surface area (Å²) in [4.78, 5) is 18.8. The molecule has 152 valence electrons. The molecule has 1 fully saturated rings. The molecule has 2 rings (SSSR count). The van der Waals surface area contributed by atoms with Crippen LogP contribution in [0.1, 0.15) is 52.0 Å². The molecule has 2 N–H and O–H groups in total. The normalized spacial score (nSPS) is 15.3. The van der Waals surface area contributed by atoms with Crippen LogP contribution >= 0.6 is 24.0 Å². The van der Waals surface area contributed by atoms with E-state index in [1.165, 1.54) is 24.8 Å². The van der Waals surface area contributed by atoms with Gasteiger partial charge in [-0.3, -0.25) is 9.79 Å². The summed E-state index contributed by atoms with van der Waals surface area (Å²) < 4.78 is 0. The molecule has 1 aliphatic rings. The van der Waals surface area contributed by atoms with Crippen molar-refractivity contribution in [3.05, 3.63) is 35.9 Å². The molecule has 0 unspecified atom stereocenters. The number of nitrogens with zero attached hydrogens (tertiary/aromatic N) is 2. The standard InChI is InChI=1S/C21H34N4O.HI/c1-4-22-20(23-16-13-19(26)25(5-2)6-3)24-17-21(14-10-15-21)18-11-8-7-9-12-18;/h7-9,11-12H,4-6,10,13-17H2,1-3H3,(H2,22,23,24);1H. The first kappa shape index (κ1) is 23.7. The number of amides is 1. The third-order valence-corrected chi connectivity index (χ3v) is 5.33. The van der Waals surface area contributed by atoms with Gasteiger partial charge in [0.05, 0.1) is 6.54 Å². The van der Waals surface area contributed by atoms with Gasteiger partial charge in [-0.15, -0.1) is 24.0 Å².